The summed E-state index contributed by atoms with van der Waals surface area (Å²) in [6.07, 6.45) is 14.6. The highest BCUT2D eigenvalue weighted by Crippen LogP contribution is 2.37. The van der Waals surface area contributed by atoms with E-state index in [1.807, 2.05) is 6.08 Å². The summed E-state index contributed by atoms with van der Waals surface area (Å²) in [5.74, 6) is 1.71. The molecule has 0 heteroatoms. The van der Waals surface area contributed by atoms with Crippen LogP contribution in [0.2, 0.25) is 0 Å². The molecule has 0 N–H and O–H groups in total. The number of benzene rings is 1. The van der Waals surface area contributed by atoms with Gasteiger partial charge in [-0.15, -0.1) is 0 Å². The second-order valence-corrected chi connectivity index (χ2v) is 5.70. The van der Waals surface area contributed by atoms with Gasteiger partial charge in [-0.3, -0.25) is 0 Å². The van der Waals surface area contributed by atoms with E-state index in [9.17, 15) is 0 Å². The zero-order valence-electron chi connectivity index (χ0n) is 12.1. The molecule has 0 spiro atoms. The third-order valence-electron chi connectivity index (χ3n) is 4.36. The van der Waals surface area contributed by atoms with Crippen molar-refractivity contribution in [2.24, 2.45) is 5.92 Å². The van der Waals surface area contributed by atoms with E-state index in [4.69, 9.17) is 0 Å². The van der Waals surface area contributed by atoms with Crippen molar-refractivity contribution in [1.82, 2.24) is 0 Å². The lowest BCUT2D eigenvalue weighted by Crippen LogP contribution is -2.12. The van der Waals surface area contributed by atoms with Gasteiger partial charge < -0.3 is 0 Å². The fourth-order valence-electron chi connectivity index (χ4n) is 3.09. The topological polar surface area (TPSA) is 0 Å². The van der Waals surface area contributed by atoms with Crippen LogP contribution in [0.4, 0.5) is 0 Å². The van der Waals surface area contributed by atoms with E-state index >= 15 is 0 Å². The maximum absolute atomic E-state index is 3.81. The smallest absolute Gasteiger partial charge is 0.0162 e. The van der Waals surface area contributed by atoms with Crippen LogP contribution < -0.4 is 0 Å². The van der Waals surface area contributed by atoms with Crippen LogP contribution in [0.25, 0.3) is 6.08 Å². The first kappa shape index (κ1) is 14.1. The summed E-state index contributed by atoms with van der Waals surface area (Å²) in [4.78, 5) is 0. The Labute approximate surface area is 118 Å². The summed E-state index contributed by atoms with van der Waals surface area (Å²) >= 11 is 0. The van der Waals surface area contributed by atoms with E-state index < -0.39 is 0 Å². The molecule has 0 aliphatic heterocycles. The van der Waals surface area contributed by atoms with Gasteiger partial charge in [-0.05, 0) is 61.5 Å². The van der Waals surface area contributed by atoms with Gasteiger partial charge in [0.05, 0.1) is 0 Å². The van der Waals surface area contributed by atoms with E-state index in [1.54, 1.807) is 0 Å². The van der Waals surface area contributed by atoms with Gasteiger partial charge in [-0.2, -0.15) is 0 Å². The number of hydrogen-bond donors (Lipinski definition) is 0. The molecule has 0 amide bonds. The van der Waals surface area contributed by atoms with Crippen LogP contribution in [0, 0.1) is 5.92 Å². The zero-order chi connectivity index (χ0) is 13.5. The Morgan fingerprint density at radius 3 is 2.32 bits per heavy atom. The van der Waals surface area contributed by atoms with Crippen molar-refractivity contribution < 1.29 is 0 Å². The molecule has 2 rings (SSSR count). The molecular formula is C19H26. The molecule has 0 atom stereocenters. The molecule has 1 fully saturated rings. The van der Waals surface area contributed by atoms with Crippen molar-refractivity contribution in [3.05, 3.63) is 54.1 Å². The Morgan fingerprint density at radius 2 is 1.74 bits per heavy atom. The van der Waals surface area contributed by atoms with Gasteiger partial charge in [0.2, 0.25) is 0 Å². The molecule has 0 aromatic heterocycles. The van der Waals surface area contributed by atoms with E-state index in [2.05, 4.69) is 49.9 Å². The molecule has 19 heavy (non-hydrogen) atoms. The molecule has 1 aliphatic carbocycles. The fourth-order valence-corrected chi connectivity index (χ4v) is 3.09. The SMILES string of the molecule is C=Cc1ccc(C2CCC(C/C=C/CC)CC2)cc1. The van der Waals surface area contributed by atoms with Gasteiger partial charge in [0.15, 0.2) is 0 Å². The van der Waals surface area contributed by atoms with Gasteiger partial charge in [0.1, 0.15) is 0 Å². The molecule has 1 aromatic rings. The van der Waals surface area contributed by atoms with Crippen molar-refractivity contribution in [2.45, 2.75) is 51.4 Å². The largest absolute Gasteiger partial charge is 0.0985 e. The maximum atomic E-state index is 3.81. The lowest BCUT2D eigenvalue weighted by Gasteiger charge is -2.28. The van der Waals surface area contributed by atoms with Gasteiger partial charge in [0.25, 0.3) is 0 Å². The second-order valence-electron chi connectivity index (χ2n) is 5.70. The quantitative estimate of drug-likeness (QED) is 0.569. The highest BCUT2D eigenvalue weighted by molar-refractivity contribution is 5.47. The van der Waals surface area contributed by atoms with Crippen molar-refractivity contribution in [3.63, 3.8) is 0 Å². The Morgan fingerprint density at radius 1 is 1.05 bits per heavy atom. The second kappa shape index (κ2) is 7.33. The van der Waals surface area contributed by atoms with Gasteiger partial charge in [0, 0.05) is 0 Å². The minimum Gasteiger partial charge on any atom is -0.0985 e. The third kappa shape index (κ3) is 4.09. The highest BCUT2D eigenvalue weighted by atomic mass is 14.3. The summed E-state index contributed by atoms with van der Waals surface area (Å²) in [5.41, 5.74) is 2.75. The highest BCUT2D eigenvalue weighted by Gasteiger charge is 2.21. The standard InChI is InChI=1S/C19H26/c1-3-5-6-7-17-10-14-19(15-11-17)18-12-8-16(4-2)9-13-18/h4-6,8-9,12-13,17,19H,2-3,7,10-11,14-15H2,1H3/b6-5+. The van der Waals surface area contributed by atoms with Crippen LogP contribution in [-0.2, 0) is 0 Å². The number of rotatable bonds is 5. The monoisotopic (exact) mass is 254 g/mol. The van der Waals surface area contributed by atoms with Crippen LogP contribution in [0.15, 0.2) is 43.0 Å². The maximum Gasteiger partial charge on any atom is -0.0162 e. The lowest BCUT2D eigenvalue weighted by molar-refractivity contribution is 0.328. The minimum absolute atomic E-state index is 0.783. The zero-order valence-corrected chi connectivity index (χ0v) is 12.1. The molecule has 0 bridgehead atoms. The first-order valence-electron chi connectivity index (χ1n) is 7.71. The lowest BCUT2D eigenvalue weighted by atomic mass is 9.77. The summed E-state index contributed by atoms with van der Waals surface area (Å²) < 4.78 is 0. The summed E-state index contributed by atoms with van der Waals surface area (Å²) in [6, 6.07) is 8.97. The van der Waals surface area contributed by atoms with Gasteiger partial charge in [-0.25, -0.2) is 0 Å². The van der Waals surface area contributed by atoms with Crippen molar-refractivity contribution in [2.75, 3.05) is 0 Å². The van der Waals surface area contributed by atoms with Crippen LogP contribution in [-0.4, -0.2) is 0 Å². The molecule has 0 nitrogen and oxygen atoms in total. The average Bonchev–Trinajstić information content (AvgIpc) is 2.48. The first-order valence-corrected chi connectivity index (χ1v) is 7.71. The average molecular weight is 254 g/mol. The van der Waals surface area contributed by atoms with Gasteiger partial charge in [-0.1, -0.05) is 56.0 Å². The summed E-state index contributed by atoms with van der Waals surface area (Å²) in [6.45, 7) is 6.02. The van der Waals surface area contributed by atoms with Crippen molar-refractivity contribution >= 4 is 6.08 Å². The number of hydrogen-bond acceptors (Lipinski definition) is 0. The van der Waals surface area contributed by atoms with Crippen LogP contribution in [0.5, 0.6) is 0 Å². The Balaban J connectivity index is 1.85. The van der Waals surface area contributed by atoms with Crippen LogP contribution >= 0.6 is 0 Å². The normalized spacial score (nSPS) is 23.6. The summed E-state index contributed by atoms with van der Waals surface area (Å²) in [7, 11) is 0. The van der Waals surface area contributed by atoms with E-state index in [0.717, 1.165) is 11.8 Å². The molecule has 0 unspecified atom stereocenters. The molecule has 102 valence electrons. The molecule has 1 aliphatic rings. The Hall–Kier alpha value is -1.30. The van der Waals surface area contributed by atoms with Crippen molar-refractivity contribution in [3.8, 4) is 0 Å². The van der Waals surface area contributed by atoms with E-state index in [1.165, 1.54) is 49.7 Å². The first-order chi connectivity index (χ1) is 9.33. The molecule has 1 aromatic carbocycles. The molecule has 0 heterocycles. The van der Waals surface area contributed by atoms with Crippen LogP contribution in [0.3, 0.4) is 0 Å². The number of allylic oxidation sites excluding steroid dienone is 2. The van der Waals surface area contributed by atoms with Crippen molar-refractivity contribution in [1.29, 1.82) is 0 Å². The van der Waals surface area contributed by atoms with Gasteiger partial charge >= 0.3 is 0 Å². The third-order valence-corrected chi connectivity index (χ3v) is 4.36. The predicted octanol–water partition coefficient (Wildman–Crippen LogP) is 5.96. The predicted molar refractivity (Wildman–Crippen MR) is 85.3 cm³/mol. The Bertz CT molecular complexity index is 402. The molecule has 0 saturated heterocycles. The minimum atomic E-state index is 0.783. The van der Waals surface area contributed by atoms with E-state index in [-0.39, 0.29) is 0 Å². The molecular weight excluding hydrogens is 228 g/mol. The van der Waals surface area contributed by atoms with Crippen LogP contribution in [0.1, 0.15) is 62.5 Å². The fraction of sp³-hybridized carbons (Fsp3) is 0.474. The Kier molecular flexibility index (Phi) is 5.44. The molecule has 0 radical (unpaired) electrons. The summed E-state index contributed by atoms with van der Waals surface area (Å²) in [5, 5.41) is 0. The molecule has 1 saturated carbocycles. The van der Waals surface area contributed by atoms with E-state index in [0.29, 0.717) is 0 Å².